The summed E-state index contributed by atoms with van der Waals surface area (Å²) in [7, 11) is 0. The van der Waals surface area contributed by atoms with Crippen LogP contribution in [0.25, 0.3) is 33.9 Å². The van der Waals surface area contributed by atoms with Crippen LogP contribution in [0, 0.1) is 0 Å². The Labute approximate surface area is 223 Å². The van der Waals surface area contributed by atoms with E-state index in [0.29, 0.717) is 22.0 Å². The first-order valence-corrected chi connectivity index (χ1v) is 12.2. The summed E-state index contributed by atoms with van der Waals surface area (Å²) in [6, 6.07) is 21.0. The number of nitrogens with zero attached hydrogens (tertiary/aromatic N) is 2. The average Bonchev–Trinajstić information content (AvgIpc) is 3.52. The summed E-state index contributed by atoms with van der Waals surface area (Å²) >= 11 is 6.16. The van der Waals surface area contributed by atoms with Gasteiger partial charge in [-0.25, -0.2) is 9.48 Å². The van der Waals surface area contributed by atoms with Crippen molar-refractivity contribution < 1.29 is 14.7 Å². The summed E-state index contributed by atoms with van der Waals surface area (Å²) < 4.78 is 1.67. The first kappa shape index (κ1) is 24.9. The first-order chi connectivity index (χ1) is 18.4. The standard InChI is InChI=1S/C29H24ClN5O3/c30-21-4-3-5-23(15-21)35-17-19(28(34-35)18-8-11-22(31)12-9-18)10-13-27(36)33-26(29(37)38)14-20-16-32-25-7-2-1-6-24(20)25/h1-13,15-17,26,32H,14,31H2,(H,33,36)(H,37,38)/b13-10+. The number of halogens is 1. The zero-order valence-electron chi connectivity index (χ0n) is 20.1. The second-order valence-electron chi connectivity index (χ2n) is 8.78. The van der Waals surface area contributed by atoms with Crippen molar-refractivity contribution in [2.45, 2.75) is 12.5 Å². The molecule has 38 heavy (non-hydrogen) atoms. The van der Waals surface area contributed by atoms with Crippen molar-refractivity contribution in [1.82, 2.24) is 20.1 Å². The molecule has 5 rings (SSSR count). The molecule has 0 aliphatic heterocycles. The Kier molecular flexibility index (Phi) is 6.97. The Morgan fingerprint density at radius 2 is 1.89 bits per heavy atom. The summed E-state index contributed by atoms with van der Waals surface area (Å²) in [5.41, 5.74) is 11.0. The van der Waals surface area contributed by atoms with Gasteiger partial charge in [0.2, 0.25) is 5.91 Å². The molecule has 2 heterocycles. The van der Waals surface area contributed by atoms with Gasteiger partial charge in [-0.2, -0.15) is 5.10 Å². The minimum Gasteiger partial charge on any atom is -0.480 e. The number of anilines is 1. The maximum absolute atomic E-state index is 12.8. The molecule has 3 aromatic carbocycles. The number of aromatic amines is 1. The molecule has 1 amide bonds. The highest BCUT2D eigenvalue weighted by Gasteiger charge is 2.21. The number of para-hydroxylation sites is 1. The van der Waals surface area contributed by atoms with Gasteiger partial charge in [-0.3, -0.25) is 4.79 Å². The molecule has 5 aromatic rings. The largest absolute Gasteiger partial charge is 0.480 e. The molecule has 1 atom stereocenters. The highest BCUT2D eigenvalue weighted by atomic mass is 35.5. The van der Waals surface area contributed by atoms with Crippen LogP contribution >= 0.6 is 11.6 Å². The van der Waals surface area contributed by atoms with E-state index in [0.717, 1.165) is 27.7 Å². The Morgan fingerprint density at radius 1 is 1.11 bits per heavy atom. The van der Waals surface area contributed by atoms with Gasteiger partial charge in [0.15, 0.2) is 0 Å². The second-order valence-corrected chi connectivity index (χ2v) is 9.21. The Bertz CT molecular complexity index is 1650. The van der Waals surface area contributed by atoms with Gasteiger partial charge in [-0.1, -0.05) is 48.0 Å². The SMILES string of the molecule is Nc1ccc(-c2nn(-c3cccc(Cl)c3)cc2/C=C/C(=O)NC(Cc2c[nH]c3ccccc23)C(=O)O)cc1. The van der Waals surface area contributed by atoms with E-state index in [9.17, 15) is 14.7 Å². The fraction of sp³-hybridized carbons (Fsp3) is 0.0690. The van der Waals surface area contributed by atoms with Crippen LogP contribution in [0.15, 0.2) is 91.3 Å². The number of aromatic nitrogens is 3. The van der Waals surface area contributed by atoms with Gasteiger partial charge in [0.05, 0.1) is 11.4 Å². The fourth-order valence-corrected chi connectivity index (χ4v) is 4.42. The number of amides is 1. The summed E-state index contributed by atoms with van der Waals surface area (Å²) in [5.74, 6) is -1.65. The van der Waals surface area contributed by atoms with Gasteiger partial charge in [0.25, 0.3) is 0 Å². The number of rotatable bonds is 8. The number of aliphatic carboxylic acids is 1. The molecule has 0 radical (unpaired) electrons. The van der Waals surface area contributed by atoms with Crippen LogP contribution in [0.2, 0.25) is 5.02 Å². The van der Waals surface area contributed by atoms with E-state index in [-0.39, 0.29) is 6.42 Å². The summed E-state index contributed by atoms with van der Waals surface area (Å²) in [5, 5.41) is 18.6. The van der Waals surface area contributed by atoms with Gasteiger partial charge in [-0.05, 0) is 48.0 Å². The van der Waals surface area contributed by atoms with Gasteiger partial charge >= 0.3 is 5.97 Å². The minimum atomic E-state index is -1.12. The monoisotopic (exact) mass is 525 g/mol. The highest BCUT2D eigenvalue weighted by molar-refractivity contribution is 6.30. The number of nitrogens with two attached hydrogens (primary N) is 1. The molecule has 0 saturated carbocycles. The predicted octanol–water partition coefficient (Wildman–Crippen LogP) is 5.08. The van der Waals surface area contributed by atoms with E-state index in [1.807, 2.05) is 48.5 Å². The van der Waals surface area contributed by atoms with Crippen molar-refractivity contribution in [2.24, 2.45) is 0 Å². The number of H-pyrrole nitrogens is 1. The van der Waals surface area contributed by atoms with Gasteiger partial charge in [-0.15, -0.1) is 0 Å². The molecule has 0 saturated heterocycles. The smallest absolute Gasteiger partial charge is 0.326 e. The number of fused-ring (bicyclic) bond motifs is 1. The van der Waals surface area contributed by atoms with Crippen molar-refractivity contribution in [1.29, 1.82) is 0 Å². The lowest BCUT2D eigenvalue weighted by atomic mass is 10.0. The zero-order valence-corrected chi connectivity index (χ0v) is 20.9. The lowest BCUT2D eigenvalue weighted by molar-refractivity contribution is -0.141. The van der Waals surface area contributed by atoms with Crippen molar-refractivity contribution in [3.63, 3.8) is 0 Å². The summed E-state index contributed by atoms with van der Waals surface area (Å²) in [4.78, 5) is 27.9. The third-order valence-electron chi connectivity index (χ3n) is 6.13. The van der Waals surface area contributed by atoms with Gasteiger partial charge < -0.3 is 21.1 Å². The molecule has 190 valence electrons. The normalized spacial score (nSPS) is 12.1. The Hall–Kier alpha value is -4.82. The minimum absolute atomic E-state index is 0.141. The molecular formula is C29H24ClN5O3. The third-order valence-corrected chi connectivity index (χ3v) is 6.36. The van der Waals surface area contributed by atoms with Gasteiger partial charge in [0.1, 0.15) is 6.04 Å². The molecule has 8 nitrogen and oxygen atoms in total. The second kappa shape index (κ2) is 10.7. The predicted molar refractivity (Wildman–Crippen MR) is 149 cm³/mol. The van der Waals surface area contributed by atoms with E-state index >= 15 is 0 Å². The lowest BCUT2D eigenvalue weighted by Gasteiger charge is -2.12. The molecule has 0 fully saturated rings. The zero-order chi connectivity index (χ0) is 26.6. The van der Waals surface area contributed by atoms with Gasteiger partial charge in [0, 0.05) is 57.6 Å². The molecule has 9 heteroatoms. The number of benzene rings is 3. The van der Waals surface area contributed by atoms with E-state index in [4.69, 9.17) is 22.4 Å². The Balaban J connectivity index is 1.40. The number of nitrogen functional groups attached to an aromatic ring is 1. The van der Waals surface area contributed by atoms with Crippen LogP contribution in [-0.2, 0) is 16.0 Å². The molecular weight excluding hydrogens is 502 g/mol. The van der Waals surface area contributed by atoms with Crippen LogP contribution in [-0.4, -0.2) is 37.8 Å². The number of carbonyl (C=O) groups is 2. The Morgan fingerprint density at radius 3 is 2.66 bits per heavy atom. The van der Waals surface area contributed by atoms with Crippen molar-refractivity contribution in [2.75, 3.05) is 5.73 Å². The fourth-order valence-electron chi connectivity index (χ4n) is 4.23. The van der Waals surface area contributed by atoms with E-state index in [1.165, 1.54) is 6.08 Å². The number of carboxylic acid groups (broad SMARTS) is 1. The van der Waals surface area contributed by atoms with E-state index < -0.39 is 17.9 Å². The topological polar surface area (TPSA) is 126 Å². The van der Waals surface area contributed by atoms with Crippen LogP contribution in [0.3, 0.4) is 0 Å². The lowest BCUT2D eigenvalue weighted by Crippen LogP contribution is -2.41. The van der Waals surface area contributed by atoms with Crippen molar-refractivity contribution in [3.05, 3.63) is 107 Å². The molecule has 5 N–H and O–H groups in total. The van der Waals surface area contributed by atoms with E-state index in [1.54, 1.807) is 47.4 Å². The van der Waals surface area contributed by atoms with Crippen LogP contribution in [0.4, 0.5) is 5.69 Å². The molecule has 2 aromatic heterocycles. The van der Waals surface area contributed by atoms with Crippen molar-refractivity contribution >= 4 is 46.1 Å². The molecule has 0 aliphatic carbocycles. The van der Waals surface area contributed by atoms with E-state index in [2.05, 4.69) is 10.3 Å². The molecule has 0 spiro atoms. The maximum atomic E-state index is 12.8. The maximum Gasteiger partial charge on any atom is 0.326 e. The highest BCUT2D eigenvalue weighted by Crippen LogP contribution is 2.26. The molecule has 1 unspecified atom stereocenters. The number of nitrogens with one attached hydrogen (secondary N) is 2. The average molecular weight is 526 g/mol. The van der Waals surface area contributed by atoms with Crippen LogP contribution < -0.4 is 11.1 Å². The van der Waals surface area contributed by atoms with Crippen molar-refractivity contribution in [3.8, 4) is 16.9 Å². The quantitative estimate of drug-likeness (QED) is 0.166. The number of carboxylic acids is 1. The van der Waals surface area contributed by atoms with Crippen LogP contribution in [0.1, 0.15) is 11.1 Å². The third kappa shape index (κ3) is 5.45. The first-order valence-electron chi connectivity index (χ1n) is 11.9. The number of carbonyl (C=O) groups excluding carboxylic acids is 1. The van der Waals surface area contributed by atoms with Crippen LogP contribution in [0.5, 0.6) is 0 Å². The number of hydrogen-bond acceptors (Lipinski definition) is 4. The summed E-state index contributed by atoms with van der Waals surface area (Å²) in [6.07, 6.45) is 6.61. The molecule has 0 bridgehead atoms. The molecule has 0 aliphatic rings. The summed E-state index contributed by atoms with van der Waals surface area (Å²) in [6.45, 7) is 0. The number of hydrogen-bond donors (Lipinski definition) is 4.